The average Bonchev–Trinajstić information content (AvgIpc) is 3.27. The molecule has 0 spiro atoms. The maximum absolute atomic E-state index is 13.1. The summed E-state index contributed by atoms with van der Waals surface area (Å²) >= 11 is 0. The van der Waals surface area contributed by atoms with E-state index in [1.807, 2.05) is 6.20 Å². The number of carbonyl (C=O) groups excluding carboxylic acids is 1. The lowest BCUT2D eigenvalue weighted by Crippen LogP contribution is -2.37. The highest BCUT2D eigenvalue weighted by atomic mass is 19.1. The molecule has 1 N–H and O–H groups in total. The van der Waals surface area contributed by atoms with Crippen molar-refractivity contribution in [1.82, 2.24) is 14.3 Å². The fourth-order valence-corrected chi connectivity index (χ4v) is 3.34. The first-order chi connectivity index (χ1) is 12.2. The number of rotatable bonds is 3. The van der Waals surface area contributed by atoms with Gasteiger partial charge in [-0.15, -0.1) is 0 Å². The van der Waals surface area contributed by atoms with Crippen LogP contribution in [0.3, 0.4) is 0 Å². The smallest absolute Gasteiger partial charge is 0.255 e. The summed E-state index contributed by atoms with van der Waals surface area (Å²) in [6.07, 6.45) is 5.33. The standard InChI is InChI=1S/C19H18FN3O2/c20-15-6-3-13(4-7-15)17-11-22-10-14(5-8-18(22)21-17)19(25)23-9-1-2-16(23)12-24/h3-8,10-11,16,24H,1-2,9,12H2/t16-/m1/s1. The molecule has 4 rings (SSSR count). The van der Waals surface area contributed by atoms with Crippen LogP contribution in [0.15, 0.2) is 48.8 Å². The van der Waals surface area contributed by atoms with E-state index >= 15 is 0 Å². The minimum atomic E-state index is -0.288. The average molecular weight is 339 g/mol. The normalized spacial score (nSPS) is 17.4. The Morgan fingerprint density at radius 3 is 2.76 bits per heavy atom. The number of hydrogen-bond donors (Lipinski definition) is 1. The van der Waals surface area contributed by atoms with Gasteiger partial charge in [0, 0.05) is 24.5 Å². The summed E-state index contributed by atoms with van der Waals surface area (Å²) in [6.45, 7) is 0.667. The number of hydrogen-bond acceptors (Lipinski definition) is 3. The Morgan fingerprint density at radius 2 is 2.00 bits per heavy atom. The lowest BCUT2D eigenvalue weighted by molar-refractivity contribution is 0.0677. The molecule has 3 heterocycles. The SMILES string of the molecule is O=C(c1ccc2nc(-c3ccc(F)cc3)cn2c1)N1CCC[C@@H]1CO. The Morgan fingerprint density at radius 1 is 1.20 bits per heavy atom. The van der Waals surface area contributed by atoms with Crippen LogP contribution in [0.2, 0.25) is 0 Å². The number of aliphatic hydroxyl groups is 1. The van der Waals surface area contributed by atoms with Crippen LogP contribution >= 0.6 is 0 Å². The number of carbonyl (C=O) groups is 1. The van der Waals surface area contributed by atoms with Gasteiger partial charge in [0.05, 0.1) is 23.9 Å². The first-order valence-electron chi connectivity index (χ1n) is 8.32. The molecule has 1 saturated heterocycles. The number of likely N-dealkylation sites (tertiary alicyclic amines) is 1. The van der Waals surface area contributed by atoms with Crippen molar-refractivity contribution in [2.24, 2.45) is 0 Å². The Labute approximate surface area is 144 Å². The number of benzene rings is 1. The third kappa shape index (κ3) is 2.89. The van der Waals surface area contributed by atoms with Crippen molar-refractivity contribution < 1.29 is 14.3 Å². The summed E-state index contributed by atoms with van der Waals surface area (Å²) in [4.78, 5) is 19.0. The van der Waals surface area contributed by atoms with Crippen LogP contribution in [0.4, 0.5) is 4.39 Å². The number of fused-ring (bicyclic) bond motifs is 1. The fraction of sp³-hybridized carbons (Fsp3) is 0.263. The zero-order valence-corrected chi connectivity index (χ0v) is 13.6. The molecule has 3 aromatic rings. The molecule has 1 fully saturated rings. The van der Waals surface area contributed by atoms with Gasteiger partial charge in [0.1, 0.15) is 11.5 Å². The van der Waals surface area contributed by atoms with Crippen molar-refractivity contribution in [2.75, 3.05) is 13.2 Å². The molecule has 25 heavy (non-hydrogen) atoms. The van der Waals surface area contributed by atoms with Gasteiger partial charge in [0.25, 0.3) is 5.91 Å². The van der Waals surface area contributed by atoms with E-state index in [1.165, 1.54) is 12.1 Å². The second-order valence-electron chi connectivity index (χ2n) is 6.29. The number of nitrogens with zero attached hydrogens (tertiary/aromatic N) is 3. The van der Waals surface area contributed by atoms with Gasteiger partial charge in [-0.05, 0) is 49.2 Å². The Balaban J connectivity index is 1.66. The van der Waals surface area contributed by atoms with Gasteiger partial charge in [-0.25, -0.2) is 9.37 Å². The quantitative estimate of drug-likeness (QED) is 0.798. The molecule has 0 aliphatic carbocycles. The minimum Gasteiger partial charge on any atom is -0.394 e. The molecule has 2 aromatic heterocycles. The van der Waals surface area contributed by atoms with E-state index in [-0.39, 0.29) is 24.4 Å². The van der Waals surface area contributed by atoms with Crippen LogP contribution in [-0.2, 0) is 0 Å². The monoisotopic (exact) mass is 339 g/mol. The third-order valence-corrected chi connectivity index (χ3v) is 4.69. The minimum absolute atomic E-state index is 0.00618. The Kier molecular flexibility index (Phi) is 3.97. The summed E-state index contributed by atoms with van der Waals surface area (Å²) < 4.78 is 14.9. The summed E-state index contributed by atoms with van der Waals surface area (Å²) in [6, 6.07) is 9.61. The molecule has 0 radical (unpaired) electrons. The highest BCUT2D eigenvalue weighted by Gasteiger charge is 2.28. The lowest BCUT2D eigenvalue weighted by atomic mass is 10.2. The molecule has 0 saturated carbocycles. The van der Waals surface area contributed by atoms with Gasteiger partial charge in [-0.2, -0.15) is 0 Å². The number of halogens is 1. The number of aliphatic hydroxyl groups excluding tert-OH is 1. The highest BCUT2D eigenvalue weighted by Crippen LogP contribution is 2.22. The lowest BCUT2D eigenvalue weighted by Gasteiger charge is -2.23. The summed E-state index contributed by atoms with van der Waals surface area (Å²) in [5, 5.41) is 9.42. The van der Waals surface area contributed by atoms with E-state index in [9.17, 15) is 14.3 Å². The molecule has 6 heteroatoms. The van der Waals surface area contributed by atoms with Crippen molar-refractivity contribution in [3.8, 4) is 11.3 Å². The predicted molar refractivity (Wildman–Crippen MR) is 91.7 cm³/mol. The van der Waals surface area contributed by atoms with Gasteiger partial charge in [0.2, 0.25) is 0 Å². The number of aromatic nitrogens is 2. The van der Waals surface area contributed by atoms with Crippen molar-refractivity contribution in [3.05, 3.63) is 60.2 Å². The van der Waals surface area contributed by atoms with Crippen LogP contribution in [0.5, 0.6) is 0 Å². The zero-order chi connectivity index (χ0) is 17.4. The summed E-state index contributed by atoms with van der Waals surface area (Å²) in [5.41, 5.74) is 2.82. The number of pyridine rings is 1. The van der Waals surface area contributed by atoms with Crippen molar-refractivity contribution >= 4 is 11.6 Å². The van der Waals surface area contributed by atoms with Gasteiger partial charge in [-0.1, -0.05) is 0 Å². The molecule has 1 amide bonds. The van der Waals surface area contributed by atoms with Gasteiger partial charge in [0.15, 0.2) is 0 Å². The molecule has 128 valence electrons. The predicted octanol–water partition coefficient (Wildman–Crippen LogP) is 2.74. The summed E-state index contributed by atoms with van der Waals surface area (Å²) in [5.74, 6) is -0.361. The summed E-state index contributed by atoms with van der Waals surface area (Å²) in [7, 11) is 0. The topological polar surface area (TPSA) is 57.8 Å². The van der Waals surface area contributed by atoms with Gasteiger partial charge >= 0.3 is 0 Å². The molecule has 0 bridgehead atoms. The van der Waals surface area contributed by atoms with Crippen LogP contribution in [0, 0.1) is 5.82 Å². The first kappa shape index (κ1) is 15.8. The fourth-order valence-electron chi connectivity index (χ4n) is 3.34. The second kappa shape index (κ2) is 6.29. The molecule has 1 aliphatic heterocycles. The van der Waals surface area contributed by atoms with Crippen molar-refractivity contribution in [2.45, 2.75) is 18.9 Å². The first-order valence-corrected chi connectivity index (χ1v) is 8.32. The maximum atomic E-state index is 13.1. The van der Waals surface area contributed by atoms with Crippen LogP contribution < -0.4 is 0 Å². The van der Waals surface area contributed by atoms with E-state index in [2.05, 4.69) is 4.98 Å². The van der Waals surface area contributed by atoms with Crippen molar-refractivity contribution in [3.63, 3.8) is 0 Å². The molecule has 5 nitrogen and oxygen atoms in total. The number of amides is 1. The zero-order valence-electron chi connectivity index (χ0n) is 13.6. The van der Waals surface area contributed by atoms with Crippen LogP contribution in [0.25, 0.3) is 16.9 Å². The van der Waals surface area contributed by atoms with E-state index in [4.69, 9.17) is 0 Å². The third-order valence-electron chi connectivity index (χ3n) is 4.69. The van der Waals surface area contributed by atoms with E-state index in [0.717, 1.165) is 29.7 Å². The number of imidazole rings is 1. The van der Waals surface area contributed by atoms with E-state index in [0.29, 0.717) is 12.1 Å². The molecular weight excluding hydrogens is 321 g/mol. The molecular formula is C19H18FN3O2. The van der Waals surface area contributed by atoms with Gasteiger partial charge < -0.3 is 14.4 Å². The Hall–Kier alpha value is -2.73. The molecule has 0 unspecified atom stereocenters. The molecule has 1 atom stereocenters. The molecule has 1 aromatic carbocycles. The van der Waals surface area contributed by atoms with E-state index in [1.54, 1.807) is 39.8 Å². The maximum Gasteiger partial charge on any atom is 0.255 e. The highest BCUT2D eigenvalue weighted by molar-refractivity contribution is 5.94. The van der Waals surface area contributed by atoms with Gasteiger partial charge in [-0.3, -0.25) is 4.79 Å². The van der Waals surface area contributed by atoms with Crippen LogP contribution in [-0.4, -0.2) is 44.5 Å². The van der Waals surface area contributed by atoms with E-state index < -0.39 is 0 Å². The van der Waals surface area contributed by atoms with Crippen LogP contribution in [0.1, 0.15) is 23.2 Å². The second-order valence-corrected chi connectivity index (χ2v) is 6.29. The largest absolute Gasteiger partial charge is 0.394 e. The van der Waals surface area contributed by atoms with Crippen molar-refractivity contribution in [1.29, 1.82) is 0 Å². The Bertz CT molecular complexity index is 920. The molecule has 1 aliphatic rings.